The van der Waals surface area contributed by atoms with Gasteiger partial charge >= 0.3 is 0 Å². The minimum atomic E-state index is 0.0317. The Morgan fingerprint density at radius 3 is 2.62 bits per heavy atom. The van der Waals surface area contributed by atoms with Crippen LogP contribution in [0.25, 0.3) is 11.1 Å². The molecule has 1 saturated heterocycles. The Balaban J connectivity index is 1.57. The summed E-state index contributed by atoms with van der Waals surface area (Å²) in [5.41, 5.74) is 3.63. The number of hydrogen-bond donors (Lipinski definition) is 0. The maximum Gasteiger partial charge on any atom is 0.227 e. The molecule has 2 fully saturated rings. The van der Waals surface area contributed by atoms with Crippen molar-refractivity contribution in [2.24, 2.45) is 11.8 Å². The number of pyridine rings is 1. The third kappa shape index (κ3) is 3.96. The fraction of sp³-hybridized carbons (Fsp3) is 0.455. The van der Waals surface area contributed by atoms with Gasteiger partial charge in [0.25, 0.3) is 0 Å². The number of likely N-dealkylation sites (N-methyl/N-ethyl adjacent to an activating group) is 1. The van der Waals surface area contributed by atoms with Crippen LogP contribution >= 0.6 is 0 Å². The first kappa shape index (κ1) is 17.2. The highest BCUT2D eigenvalue weighted by Gasteiger charge is 2.32. The lowest BCUT2D eigenvalue weighted by molar-refractivity contribution is -0.133. The van der Waals surface area contributed by atoms with Gasteiger partial charge in [0.15, 0.2) is 0 Å². The molecule has 1 saturated carbocycles. The summed E-state index contributed by atoms with van der Waals surface area (Å²) >= 11 is 0. The molecule has 136 valence electrons. The van der Waals surface area contributed by atoms with Crippen LogP contribution in [-0.2, 0) is 11.2 Å². The van der Waals surface area contributed by atoms with E-state index in [1.807, 2.05) is 36.5 Å². The van der Waals surface area contributed by atoms with Crippen LogP contribution in [0.1, 0.15) is 18.4 Å². The van der Waals surface area contributed by atoms with Gasteiger partial charge in [-0.15, -0.1) is 0 Å². The van der Waals surface area contributed by atoms with Crippen LogP contribution in [0, 0.1) is 11.8 Å². The number of carbonyl (C=O) groups excluding carboxylic acids is 1. The van der Waals surface area contributed by atoms with E-state index in [1.165, 1.54) is 29.5 Å². The van der Waals surface area contributed by atoms with E-state index < -0.39 is 0 Å². The van der Waals surface area contributed by atoms with E-state index in [2.05, 4.69) is 34.1 Å². The molecule has 0 N–H and O–H groups in total. The number of nitrogens with zero attached hydrogens (tertiary/aromatic N) is 3. The van der Waals surface area contributed by atoms with Crippen molar-refractivity contribution in [3.8, 4) is 11.1 Å². The zero-order chi connectivity index (χ0) is 17.9. The smallest absolute Gasteiger partial charge is 0.227 e. The molecule has 0 bridgehead atoms. The maximum absolute atomic E-state index is 12.9. The lowest BCUT2D eigenvalue weighted by atomic mass is 9.91. The zero-order valence-corrected chi connectivity index (χ0v) is 15.5. The van der Waals surface area contributed by atoms with Crippen LogP contribution in [0.2, 0.25) is 0 Å². The molecule has 2 aliphatic rings. The number of rotatable bonds is 5. The molecular weight excluding hydrogens is 322 g/mol. The molecular formula is C22H27N3O. The molecule has 1 amide bonds. The maximum atomic E-state index is 12.9. The van der Waals surface area contributed by atoms with E-state index in [0.717, 1.165) is 38.5 Å². The van der Waals surface area contributed by atoms with Crippen molar-refractivity contribution in [2.45, 2.75) is 19.3 Å². The van der Waals surface area contributed by atoms with E-state index in [4.69, 9.17) is 0 Å². The van der Waals surface area contributed by atoms with E-state index in [0.29, 0.717) is 0 Å². The summed E-state index contributed by atoms with van der Waals surface area (Å²) in [5.74, 6) is 1.18. The van der Waals surface area contributed by atoms with Gasteiger partial charge in [-0.05, 0) is 54.0 Å². The van der Waals surface area contributed by atoms with Crippen molar-refractivity contribution < 1.29 is 4.79 Å². The molecule has 4 heteroatoms. The van der Waals surface area contributed by atoms with E-state index in [1.54, 1.807) is 0 Å². The summed E-state index contributed by atoms with van der Waals surface area (Å²) in [6, 6.07) is 12.5. The first-order chi connectivity index (χ1) is 12.7. The number of carbonyl (C=O) groups is 1. The molecule has 2 heterocycles. The third-order valence-electron chi connectivity index (χ3n) is 5.64. The summed E-state index contributed by atoms with van der Waals surface area (Å²) in [6.45, 7) is 3.88. The quantitative estimate of drug-likeness (QED) is 0.832. The molecule has 2 aromatic rings. The average molecular weight is 349 g/mol. The predicted octanol–water partition coefficient (Wildman–Crippen LogP) is 3.09. The average Bonchev–Trinajstić information content (AvgIpc) is 3.50. The topological polar surface area (TPSA) is 36.4 Å². The minimum Gasteiger partial charge on any atom is -0.344 e. The molecule has 26 heavy (non-hydrogen) atoms. The van der Waals surface area contributed by atoms with Crippen LogP contribution in [0.3, 0.4) is 0 Å². The van der Waals surface area contributed by atoms with E-state index in [9.17, 15) is 4.79 Å². The van der Waals surface area contributed by atoms with Crippen LogP contribution in [0.5, 0.6) is 0 Å². The molecule has 1 aromatic carbocycles. The molecule has 4 rings (SSSR count). The molecule has 1 aliphatic heterocycles. The first-order valence-electron chi connectivity index (χ1n) is 9.66. The van der Waals surface area contributed by atoms with Crippen molar-refractivity contribution in [1.82, 2.24) is 14.8 Å². The molecule has 0 spiro atoms. The van der Waals surface area contributed by atoms with E-state index in [-0.39, 0.29) is 11.8 Å². The SMILES string of the molecule is CN1CCN(CC2CC2)C[C@H](Cc2ccccc2-c2ccncc2)C1=O. The van der Waals surface area contributed by atoms with Gasteiger partial charge in [-0.2, -0.15) is 0 Å². The summed E-state index contributed by atoms with van der Waals surface area (Å²) < 4.78 is 0. The molecule has 1 aromatic heterocycles. The monoisotopic (exact) mass is 349 g/mol. The zero-order valence-electron chi connectivity index (χ0n) is 15.5. The summed E-state index contributed by atoms with van der Waals surface area (Å²) in [4.78, 5) is 21.5. The summed E-state index contributed by atoms with van der Waals surface area (Å²) in [5, 5.41) is 0. The lowest BCUT2D eigenvalue weighted by Gasteiger charge is -2.23. The second kappa shape index (κ2) is 7.58. The highest BCUT2D eigenvalue weighted by Crippen LogP contribution is 2.31. The van der Waals surface area contributed by atoms with Gasteiger partial charge in [-0.3, -0.25) is 9.78 Å². The van der Waals surface area contributed by atoms with Gasteiger partial charge in [-0.1, -0.05) is 24.3 Å². The standard InChI is InChI=1S/C22H27N3O/c1-24-12-13-25(15-17-6-7-17)16-20(22(24)26)14-19-4-2-3-5-21(19)18-8-10-23-11-9-18/h2-5,8-11,17,20H,6-7,12-16H2,1H3/t20-/m0/s1. The van der Waals surface area contributed by atoms with Gasteiger partial charge in [0, 0.05) is 45.6 Å². The normalized spacial score (nSPS) is 21.7. The molecule has 1 aliphatic carbocycles. The Morgan fingerprint density at radius 1 is 1.08 bits per heavy atom. The highest BCUT2D eigenvalue weighted by atomic mass is 16.2. The Hall–Kier alpha value is -2.20. The molecule has 1 atom stereocenters. The van der Waals surface area contributed by atoms with Crippen molar-refractivity contribution in [3.63, 3.8) is 0 Å². The number of aromatic nitrogens is 1. The number of amides is 1. The van der Waals surface area contributed by atoms with Crippen molar-refractivity contribution in [2.75, 3.05) is 33.2 Å². The largest absolute Gasteiger partial charge is 0.344 e. The third-order valence-corrected chi connectivity index (χ3v) is 5.64. The van der Waals surface area contributed by atoms with Crippen LogP contribution < -0.4 is 0 Å². The van der Waals surface area contributed by atoms with Crippen LogP contribution in [0.15, 0.2) is 48.8 Å². The molecule has 0 radical (unpaired) electrons. The Labute approximate surface area is 155 Å². The predicted molar refractivity (Wildman–Crippen MR) is 104 cm³/mol. The number of hydrogen-bond acceptors (Lipinski definition) is 3. The molecule has 0 unspecified atom stereocenters. The Morgan fingerprint density at radius 2 is 1.85 bits per heavy atom. The van der Waals surface area contributed by atoms with Crippen LogP contribution in [0.4, 0.5) is 0 Å². The van der Waals surface area contributed by atoms with Crippen LogP contribution in [-0.4, -0.2) is 53.9 Å². The van der Waals surface area contributed by atoms with Gasteiger partial charge in [0.1, 0.15) is 0 Å². The Bertz CT molecular complexity index is 757. The van der Waals surface area contributed by atoms with Crippen molar-refractivity contribution >= 4 is 5.91 Å². The fourth-order valence-electron chi connectivity index (χ4n) is 3.95. The lowest BCUT2D eigenvalue weighted by Crippen LogP contribution is -2.35. The second-order valence-electron chi connectivity index (χ2n) is 7.76. The second-order valence-corrected chi connectivity index (χ2v) is 7.76. The molecule has 4 nitrogen and oxygen atoms in total. The minimum absolute atomic E-state index is 0.0317. The summed E-state index contributed by atoms with van der Waals surface area (Å²) in [7, 11) is 1.95. The first-order valence-corrected chi connectivity index (χ1v) is 9.66. The van der Waals surface area contributed by atoms with Gasteiger partial charge in [-0.25, -0.2) is 0 Å². The van der Waals surface area contributed by atoms with Crippen molar-refractivity contribution in [3.05, 3.63) is 54.4 Å². The van der Waals surface area contributed by atoms with Gasteiger partial charge < -0.3 is 9.80 Å². The summed E-state index contributed by atoms with van der Waals surface area (Å²) in [6.07, 6.45) is 7.16. The van der Waals surface area contributed by atoms with Crippen molar-refractivity contribution in [1.29, 1.82) is 0 Å². The highest BCUT2D eigenvalue weighted by molar-refractivity contribution is 5.80. The van der Waals surface area contributed by atoms with Gasteiger partial charge in [0.05, 0.1) is 5.92 Å². The number of benzene rings is 1. The van der Waals surface area contributed by atoms with Gasteiger partial charge in [0.2, 0.25) is 5.91 Å². The Kier molecular flexibility index (Phi) is 5.02. The fourth-order valence-corrected chi connectivity index (χ4v) is 3.95. The van der Waals surface area contributed by atoms with E-state index >= 15 is 0 Å².